The van der Waals surface area contributed by atoms with Crippen LogP contribution >= 0.6 is 24.0 Å². The Hall–Kier alpha value is -0.440. The summed E-state index contributed by atoms with van der Waals surface area (Å²) in [7, 11) is -2.25. The van der Waals surface area contributed by atoms with Crippen LogP contribution in [-0.4, -0.2) is 40.8 Å². The van der Waals surface area contributed by atoms with Crippen LogP contribution in [0.25, 0.3) is 0 Å². The van der Waals surface area contributed by atoms with E-state index in [2.05, 4.69) is 10.0 Å². The summed E-state index contributed by atoms with van der Waals surface area (Å²) >= 11 is 5.70. The van der Waals surface area contributed by atoms with Crippen molar-refractivity contribution < 1.29 is 17.5 Å². The lowest BCUT2D eigenvalue weighted by Gasteiger charge is -2.28. The summed E-state index contributed by atoms with van der Waals surface area (Å²) < 4.78 is 45.4. The fourth-order valence-electron chi connectivity index (χ4n) is 2.47. The molecular formula is C13H19Cl2FN2O3S. The topological polar surface area (TPSA) is 67.4 Å². The fourth-order valence-corrected chi connectivity index (χ4v) is 3.94. The van der Waals surface area contributed by atoms with Crippen LogP contribution in [0.15, 0.2) is 23.1 Å². The fraction of sp³-hybridized carbons (Fsp3) is 0.538. The van der Waals surface area contributed by atoms with Crippen LogP contribution in [0.5, 0.6) is 0 Å². The molecule has 126 valence electrons. The number of sulfonamides is 1. The molecule has 0 amide bonds. The van der Waals surface area contributed by atoms with Gasteiger partial charge in [-0.05, 0) is 37.6 Å². The van der Waals surface area contributed by atoms with Crippen molar-refractivity contribution in [3.05, 3.63) is 29.0 Å². The predicted molar refractivity (Wildman–Crippen MR) is 85.7 cm³/mol. The maximum Gasteiger partial charge on any atom is 0.240 e. The van der Waals surface area contributed by atoms with Crippen molar-refractivity contribution in [2.24, 2.45) is 0 Å². The molecule has 0 aliphatic carbocycles. The van der Waals surface area contributed by atoms with Gasteiger partial charge in [-0.3, -0.25) is 0 Å². The van der Waals surface area contributed by atoms with Gasteiger partial charge in [0.1, 0.15) is 5.82 Å². The summed E-state index contributed by atoms with van der Waals surface area (Å²) in [6.45, 7) is 1.40. The number of hydrogen-bond acceptors (Lipinski definition) is 4. The molecule has 5 nitrogen and oxygen atoms in total. The van der Waals surface area contributed by atoms with Gasteiger partial charge >= 0.3 is 0 Å². The molecule has 1 unspecified atom stereocenters. The van der Waals surface area contributed by atoms with Crippen molar-refractivity contribution in [2.75, 3.05) is 26.8 Å². The normalized spacial score (nSPS) is 21.6. The van der Waals surface area contributed by atoms with E-state index in [0.29, 0.717) is 6.61 Å². The number of rotatable bonds is 6. The highest BCUT2D eigenvalue weighted by Crippen LogP contribution is 2.21. The highest BCUT2D eigenvalue weighted by molar-refractivity contribution is 7.89. The average molecular weight is 373 g/mol. The maximum absolute atomic E-state index is 13.3. The van der Waals surface area contributed by atoms with Crippen molar-refractivity contribution in [2.45, 2.75) is 23.3 Å². The Labute approximate surface area is 141 Å². The molecule has 1 fully saturated rings. The van der Waals surface area contributed by atoms with Gasteiger partial charge in [-0.1, -0.05) is 11.6 Å². The molecule has 2 rings (SSSR count). The number of hydrogen-bond donors (Lipinski definition) is 2. The van der Waals surface area contributed by atoms with Crippen molar-refractivity contribution in [3.8, 4) is 0 Å². The number of ether oxygens (including phenoxy) is 1. The smallest absolute Gasteiger partial charge is 0.240 e. The molecule has 1 aromatic rings. The zero-order chi connectivity index (χ0) is 15.5. The van der Waals surface area contributed by atoms with Crippen LogP contribution in [-0.2, 0) is 14.8 Å². The molecule has 0 aromatic heterocycles. The van der Waals surface area contributed by atoms with Crippen LogP contribution in [0.1, 0.15) is 12.8 Å². The minimum absolute atomic E-state index is 0. The van der Waals surface area contributed by atoms with Gasteiger partial charge in [0.2, 0.25) is 10.0 Å². The zero-order valence-electron chi connectivity index (χ0n) is 12.1. The lowest BCUT2D eigenvalue weighted by atomic mass is 9.99. The van der Waals surface area contributed by atoms with E-state index >= 15 is 0 Å². The molecule has 1 heterocycles. The van der Waals surface area contributed by atoms with Gasteiger partial charge < -0.3 is 10.1 Å². The number of methoxy groups -OCH3 is 1. The molecular weight excluding hydrogens is 354 g/mol. The summed E-state index contributed by atoms with van der Waals surface area (Å²) in [4.78, 5) is -0.182. The molecule has 0 radical (unpaired) electrons. The van der Waals surface area contributed by atoms with E-state index < -0.39 is 21.4 Å². The monoisotopic (exact) mass is 372 g/mol. The van der Waals surface area contributed by atoms with Crippen LogP contribution in [0.2, 0.25) is 5.02 Å². The molecule has 1 aliphatic rings. The van der Waals surface area contributed by atoms with Crippen molar-refractivity contribution >= 4 is 34.0 Å². The van der Waals surface area contributed by atoms with Crippen molar-refractivity contribution in [3.63, 3.8) is 0 Å². The second-order valence-corrected chi connectivity index (χ2v) is 7.38. The standard InChI is InChI=1S/C13H18ClFN2O3S.ClH/c1-20-9-13(3-2-4-16-13)8-17-21(18,19)12-6-10(14)5-11(15)7-12;/h5-7,16-17H,2-4,8-9H2,1H3;1H. The predicted octanol–water partition coefficient (Wildman–Crippen LogP) is 1.95. The Kier molecular flexibility index (Phi) is 7.04. The first-order chi connectivity index (χ1) is 9.87. The Bertz CT molecular complexity index is 587. The van der Waals surface area contributed by atoms with E-state index in [-0.39, 0.29) is 28.9 Å². The third-order valence-electron chi connectivity index (χ3n) is 3.50. The van der Waals surface area contributed by atoms with Gasteiger partial charge in [0.25, 0.3) is 0 Å². The largest absolute Gasteiger partial charge is 0.383 e. The van der Waals surface area contributed by atoms with E-state index in [9.17, 15) is 12.8 Å². The second kappa shape index (κ2) is 7.90. The number of nitrogens with one attached hydrogen (secondary N) is 2. The van der Waals surface area contributed by atoms with E-state index in [4.69, 9.17) is 16.3 Å². The summed E-state index contributed by atoms with van der Waals surface area (Å²) in [6.07, 6.45) is 1.77. The molecule has 0 saturated carbocycles. The van der Waals surface area contributed by atoms with Gasteiger partial charge in [0, 0.05) is 18.7 Å². The quantitative estimate of drug-likeness (QED) is 0.800. The van der Waals surface area contributed by atoms with Crippen molar-refractivity contribution in [1.29, 1.82) is 0 Å². The van der Waals surface area contributed by atoms with Gasteiger partial charge in [-0.25, -0.2) is 17.5 Å². The van der Waals surface area contributed by atoms with E-state index in [1.54, 1.807) is 7.11 Å². The van der Waals surface area contributed by atoms with Crippen LogP contribution in [0.3, 0.4) is 0 Å². The third kappa shape index (κ3) is 4.78. The molecule has 1 aliphatic heterocycles. The van der Waals surface area contributed by atoms with Crippen LogP contribution in [0.4, 0.5) is 4.39 Å². The van der Waals surface area contributed by atoms with Crippen LogP contribution in [0, 0.1) is 5.82 Å². The first-order valence-electron chi connectivity index (χ1n) is 6.57. The Morgan fingerprint density at radius 3 is 2.73 bits per heavy atom. The summed E-state index contributed by atoms with van der Waals surface area (Å²) in [5.74, 6) is -0.687. The van der Waals surface area contributed by atoms with Crippen molar-refractivity contribution in [1.82, 2.24) is 10.0 Å². The maximum atomic E-state index is 13.3. The molecule has 9 heteroatoms. The molecule has 0 spiro atoms. The van der Waals surface area contributed by atoms with Gasteiger partial charge in [0.05, 0.1) is 17.0 Å². The lowest BCUT2D eigenvalue weighted by molar-refractivity contribution is 0.122. The minimum Gasteiger partial charge on any atom is -0.383 e. The molecule has 1 aromatic carbocycles. The van der Waals surface area contributed by atoms with Gasteiger partial charge in [-0.15, -0.1) is 12.4 Å². The molecule has 1 atom stereocenters. The van der Waals surface area contributed by atoms with E-state index in [1.807, 2.05) is 0 Å². The number of halogens is 3. The lowest BCUT2D eigenvalue weighted by Crippen LogP contribution is -2.52. The van der Waals surface area contributed by atoms with Gasteiger partial charge in [0.15, 0.2) is 0 Å². The van der Waals surface area contributed by atoms with Gasteiger partial charge in [-0.2, -0.15) is 0 Å². The summed E-state index contributed by atoms with van der Waals surface area (Å²) in [5, 5.41) is 3.31. The molecule has 1 saturated heterocycles. The van der Waals surface area contributed by atoms with E-state index in [1.165, 1.54) is 6.07 Å². The summed E-state index contributed by atoms with van der Waals surface area (Å²) in [5.41, 5.74) is -0.418. The van der Waals surface area contributed by atoms with Crippen LogP contribution < -0.4 is 10.0 Å². The Morgan fingerprint density at radius 2 is 2.18 bits per heavy atom. The molecule has 22 heavy (non-hydrogen) atoms. The molecule has 0 bridgehead atoms. The highest BCUT2D eigenvalue weighted by Gasteiger charge is 2.34. The molecule has 2 N–H and O–H groups in total. The zero-order valence-corrected chi connectivity index (χ0v) is 14.5. The second-order valence-electron chi connectivity index (χ2n) is 5.17. The minimum atomic E-state index is -3.82. The third-order valence-corrected chi connectivity index (χ3v) is 5.10. The SMILES string of the molecule is COCC1(CNS(=O)(=O)c2cc(F)cc(Cl)c2)CCCN1.Cl. The Balaban J connectivity index is 0.00000242. The first kappa shape index (κ1) is 19.6. The van der Waals surface area contributed by atoms with E-state index in [0.717, 1.165) is 31.5 Å². The highest BCUT2D eigenvalue weighted by atomic mass is 35.5. The summed E-state index contributed by atoms with van der Waals surface area (Å²) in [6, 6.07) is 3.23. The Morgan fingerprint density at radius 1 is 1.45 bits per heavy atom. The average Bonchev–Trinajstić information content (AvgIpc) is 2.85. The number of benzene rings is 1. The first-order valence-corrected chi connectivity index (χ1v) is 8.43.